The van der Waals surface area contributed by atoms with Crippen LogP contribution in [0.5, 0.6) is 0 Å². The van der Waals surface area contributed by atoms with E-state index in [4.69, 9.17) is 19.9 Å². The molecule has 4 heterocycles. The molecule has 28 heavy (non-hydrogen) atoms. The van der Waals surface area contributed by atoms with Gasteiger partial charge in [-0.15, -0.1) is 0 Å². The molecule has 1 amide bonds. The first-order valence-corrected chi connectivity index (χ1v) is 9.39. The number of aromatic nitrogens is 4. The summed E-state index contributed by atoms with van der Waals surface area (Å²) in [5.41, 5.74) is 6.12. The van der Waals surface area contributed by atoms with E-state index in [-0.39, 0.29) is 12.5 Å². The molecule has 1 unspecified atom stereocenters. The molecule has 2 aromatic heterocycles. The summed E-state index contributed by atoms with van der Waals surface area (Å²) in [6.07, 6.45) is 1.65. The number of hydrogen-bond donors (Lipinski definition) is 1. The van der Waals surface area contributed by atoms with Crippen LogP contribution in [-0.2, 0) is 32.0 Å². The summed E-state index contributed by atoms with van der Waals surface area (Å²) in [4.78, 5) is 22.6. The average molecular weight is 388 g/mol. The normalized spacial score (nSPS) is 20.3. The minimum Gasteiger partial charge on any atom is -0.378 e. The van der Waals surface area contributed by atoms with E-state index in [2.05, 4.69) is 20.0 Å². The summed E-state index contributed by atoms with van der Waals surface area (Å²) in [6, 6.07) is 3.93. The Morgan fingerprint density at radius 1 is 1.18 bits per heavy atom. The molecule has 10 heteroatoms. The lowest BCUT2D eigenvalue weighted by atomic mass is 10.2. The molecule has 2 aromatic rings. The lowest BCUT2D eigenvalue weighted by Gasteiger charge is -2.27. The third-order valence-electron chi connectivity index (χ3n) is 4.65. The van der Waals surface area contributed by atoms with E-state index >= 15 is 0 Å². The summed E-state index contributed by atoms with van der Waals surface area (Å²) in [5.74, 6) is 1.45. The summed E-state index contributed by atoms with van der Waals surface area (Å²) < 4.78 is 18.3. The van der Waals surface area contributed by atoms with Crippen molar-refractivity contribution in [3.63, 3.8) is 0 Å². The molecule has 2 aliphatic heterocycles. The predicted octanol–water partition coefficient (Wildman–Crippen LogP) is -0.380. The van der Waals surface area contributed by atoms with Crippen molar-refractivity contribution in [1.82, 2.24) is 19.7 Å². The van der Waals surface area contributed by atoms with E-state index in [1.807, 2.05) is 12.1 Å². The minimum atomic E-state index is -0.471. The van der Waals surface area contributed by atoms with Crippen LogP contribution in [-0.4, -0.2) is 77.9 Å². The van der Waals surface area contributed by atoms with Gasteiger partial charge < -0.3 is 24.8 Å². The van der Waals surface area contributed by atoms with Crippen LogP contribution in [0, 0.1) is 0 Å². The molecule has 1 atom stereocenters. The first kappa shape index (κ1) is 18.8. The number of pyridine rings is 1. The second kappa shape index (κ2) is 8.63. The molecule has 0 spiro atoms. The van der Waals surface area contributed by atoms with Gasteiger partial charge in [0.15, 0.2) is 11.6 Å². The molecule has 2 saturated heterocycles. The SMILES string of the molecule is NC(=O)Cc1nc(-c2ccc(N3CCOCC3)nc2)n(CC2COCCO2)n1. The molecule has 2 fully saturated rings. The first-order chi connectivity index (χ1) is 13.7. The summed E-state index contributed by atoms with van der Waals surface area (Å²) in [7, 11) is 0. The highest BCUT2D eigenvalue weighted by Crippen LogP contribution is 2.21. The van der Waals surface area contributed by atoms with E-state index < -0.39 is 5.91 Å². The van der Waals surface area contributed by atoms with Crippen molar-refractivity contribution in [3.05, 3.63) is 24.2 Å². The Bertz CT molecular complexity index is 797. The zero-order valence-corrected chi connectivity index (χ0v) is 15.6. The molecule has 0 saturated carbocycles. The summed E-state index contributed by atoms with van der Waals surface area (Å²) in [5, 5.41) is 4.45. The van der Waals surface area contributed by atoms with Gasteiger partial charge in [-0.2, -0.15) is 5.10 Å². The second-order valence-electron chi connectivity index (χ2n) is 6.75. The molecule has 150 valence electrons. The number of rotatable bonds is 6. The van der Waals surface area contributed by atoms with Crippen LogP contribution in [0.25, 0.3) is 11.4 Å². The molecule has 4 rings (SSSR count). The number of anilines is 1. The molecule has 0 aliphatic carbocycles. The van der Waals surface area contributed by atoms with Crippen molar-refractivity contribution in [1.29, 1.82) is 0 Å². The third kappa shape index (κ3) is 4.46. The number of nitrogens with zero attached hydrogens (tertiary/aromatic N) is 5. The van der Waals surface area contributed by atoms with Gasteiger partial charge in [0.25, 0.3) is 0 Å². The van der Waals surface area contributed by atoms with Crippen LogP contribution >= 0.6 is 0 Å². The number of ether oxygens (including phenoxy) is 3. The lowest BCUT2D eigenvalue weighted by Crippen LogP contribution is -2.36. The molecule has 2 N–H and O–H groups in total. The van der Waals surface area contributed by atoms with Gasteiger partial charge in [-0.1, -0.05) is 0 Å². The van der Waals surface area contributed by atoms with Crippen molar-refractivity contribution >= 4 is 11.7 Å². The number of morpholine rings is 1. The number of primary amides is 1. The summed E-state index contributed by atoms with van der Waals surface area (Å²) >= 11 is 0. The Labute approximate surface area is 162 Å². The van der Waals surface area contributed by atoms with Crippen molar-refractivity contribution in [3.8, 4) is 11.4 Å². The Kier molecular flexibility index (Phi) is 5.79. The molecular formula is C18H24N6O4. The fourth-order valence-corrected chi connectivity index (χ4v) is 3.29. The fraction of sp³-hybridized carbons (Fsp3) is 0.556. The van der Waals surface area contributed by atoms with Crippen molar-refractivity contribution in [2.24, 2.45) is 5.73 Å². The van der Waals surface area contributed by atoms with E-state index in [1.165, 1.54) is 0 Å². The quantitative estimate of drug-likeness (QED) is 0.712. The van der Waals surface area contributed by atoms with Crippen LogP contribution in [0.3, 0.4) is 0 Å². The maximum absolute atomic E-state index is 11.3. The van der Waals surface area contributed by atoms with Gasteiger partial charge in [0.05, 0.1) is 46.0 Å². The Balaban J connectivity index is 1.57. The zero-order valence-electron chi connectivity index (χ0n) is 15.6. The minimum absolute atomic E-state index is 0.0126. The van der Waals surface area contributed by atoms with Gasteiger partial charge in [0.1, 0.15) is 11.9 Å². The monoisotopic (exact) mass is 388 g/mol. The number of amides is 1. The highest BCUT2D eigenvalue weighted by Gasteiger charge is 2.21. The highest BCUT2D eigenvalue weighted by molar-refractivity contribution is 5.75. The van der Waals surface area contributed by atoms with Crippen LogP contribution in [0.15, 0.2) is 18.3 Å². The maximum Gasteiger partial charge on any atom is 0.225 e. The van der Waals surface area contributed by atoms with Crippen molar-refractivity contribution < 1.29 is 19.0 Å². The third-order valence-corrected chi connectivity index (χ3v) is 4.65. The molecule has 2 aliphatic rings. The van der Waals surface area contributed by atoms with Gasteiger partial charge in [-0.3, -0.25) is 4.79 Å². The van der Waals surface area contributed by atoms with Gasteiger partial charge in [0, 0.05) is 24.8 Å². The van der Waals surface area contributed by atoms with E-state index in [9.17, 15) is 4.79 Å². The molecule has 0 bridgehead atoms. The van der Waals surface area contributed by atoms with Gasteiger partial charge >= 0.3 is 0 Å². The number of nitrogens with two attached hydrogens (primary N) is 1. The number of hydrogen-bond acceptors (Lipinski definition) is 8. The van der Waals surface area contributed by atoms with E-state index in [0.29, 0.717) is 51.2 Å². The maximum atomic E-state index is 11.3. The molecule has 0 radical (unpaired) electrons. The Morgan fingerprint density at radius 2 is 2.04 bits per heavy atom. The lowest BCUT2D eigenvalue weighted by molar-refractivity contribution is -0.117. The van der Waals surface area contributed by atoms with E-state index in [1.54, 1.807) is 10.9 Å². The summed E-state index contributed by atoms with van der Waals surface area (Å²) in [6.45, 7) is 5.19. The zero-order chi connectivity index (χ0) is 19.3. The van der Waals surface area contributed by atoms with Gasteiger partial charge in [0.2, 0.25) is 5.91 Å². The van der Waals surface area contributed by atoms with Crippen molar-refractivity contribution in [2.75, 3.05) is 51.0 Å². The first-order valence-electron chi connectivity index (χ1n) is 9.39. The highest BCUT2D eigenvalue weighted by atomic mass is 16.6. The smallest absolute Gasteiger partial charge is 0.225 e. The molecular weight excluding hydrogens is 364 g/mol. The number of carbonyl (C=O) groups is 1. The van der Waals surface area contributed by atoms with Gasteiger partial charge in [-0.25, -0.2) is 14.6 Å². The largest absolute Gasteiger partial charge is 0.378 e. The average Bonchev–Trinajstić information content (AvgIpc) is 3.11. The Morgan fingerprint density at radius 3 is 2.71 bits per heavy atom. The van der Waals surface area contributed by atoms with Crippen LogP contribution in [0.4, 0.5) is 5.82 Å². The van der Waals surface area contributed by atoms with Gasteiger partial charge in [-0.05, 0) is 12.1 Å². The molecule has 0 aromatic carbocycles. The topological polar surface area (TPSA) is 118 Å². The second-order valence-corrected chi connectivity index (χ2v) is 6.75. The van der Waals surface area contributed by atoms with E-state index in [0.717, 1.165) is 24.5 Å². The van der Waals surface area contributed by atoms with Crippen LogP contribution in [0.2, 0.25) is 0 Å². The fourth-order valence-electron chi connectivity index (χ4n) is 3.29. The number of carbonyl (C=O) groups excluding carboxylic acids is 1. The molecule has 10 nitrogen and oxygen atoms in total. The standard InChI is InChI=1S/C18H24N6O4/c19-15(25)9-16-21-18(24(22-16)11-14-12-27-7-8-28-14)13-1-2-17(20-10-13)23-3-5-26-6-4-23/h1-2,10,14H,3-9,11-12H2,(H2,19,25). The van der Waals surface area contributed by atoms with Crippen LogP contribution in [0.1, 0.15) is 5.82 Å². The predicted molar refractivity (Wildman–Crippen MR) is 99.7 cm³/mol. The Hall–Kier alpha value is -2.56. The van der Waals surface area contributed by atoms with Crippen LogP contribution < -0.4 is 10.6 Å². The van der Waals surface area contributed by atoms with Crippen molar-refractivity contribution in [2.45, 2.75) is 19.1 Å².